The van der Waals surface area contributed by atoms with Gasteiger partial charge in [-0.15, -0.1) is 0 Å². The molecule has 5 aliphatic carbocycles. The van der Waals surface area contributed by atoms with Gasteiger partial charge >= 0.3 is 0 Å². The van der Waals surface area contributed by atoms with Gasteiger partial charge in [0.2, 0.25) is 0 Å². The summed E-state index contributed by atoms with van der Waals surface area (Å²) in [4.78, 5) is 18.7. The number of fused-ring (bicyclic) bond motifs is 3. The van der Waals surface area contributed by atoms with Crippen molar-refractivity contribution in [3.8, 4) is 6.07 Å². The molecule has 26 heavy (non-hydrogen) atoms. The Labute approximate surface area is 154 Å². The van der Waals surface area contributed by atoms with Crippen molar-refractivity contribution in [1.29, 1.82) is 5.26 Å². The molecule has 3 atom stereocenters. The van der Waals surface area contributed by atoms with Gasteiger partial charge in [0, 0.05) is 17.0 Å². The number of nitrogens with zero attached hydrogens (tertiary/aromatic N) is 2. The summed E-state index contributed by atoms with van der Waals surface area (Å²) in [6.07, 6.45) is 7.27. The highest BCUT2D eigenvalue weighted by Crippen LogP contribution is 2.72. The van der Waals surface area contributed by atoms with Gasteiger partial charge in [-0.1, -0.05) is 18.2 Å². The number of Topliss-reactive ketones (excluding diaryl/α,β-unsaturated/α-hetero) is 1. The summed E-state index contributed by atoms with van der Waals surface area (Å²) in [5, 5.41) is 10.1. The fourth-order valence-corrected chi connectivity index (χ4v) is 7.71. The Kier molecular flexibility index (Phi) is 2.71. The molecule has 1 heterocycles. The Morgan fingerprint density at radius 2 is 1.73 bits per heavy atom. The predicted molar refractivity (Wildman–Crippen MR) is 99.1 cm³/mol. The molecule has 3 nitrogen and oxygen atoms in total. The van der Waals surface area contributed by atoms with Crippen LogP contribution >= 0.6 is 0 Å². The number of benzene rings is 1. The van der Waals surface area contributed by atoms with E-state index in [0.717, 1.165) is 54.0 Å². The number of nitriles is 1. The monoisotopic (exact) mass is 344 g/mol. The molecule has 5 saturated carbocycles. The normalized spacial score (nSPS) is 46.8. The van der Waals surface area contributed by atoms with Crippen LogP contribution in [0.25, 0.3) is 0 Å². The van der Waals surface area contributed by atoms with Gasteiger partial charge in [0.15, 0.2) is 0 Å². The summed E-state index contributed by atoms with van der Waals surface area (Å²) >= 11 is 0. The van der Waals surface area contributed by atoms with Gasteiger partial charge in [-0.3, -0.25) is 9.79 Å². The van der Waals surface area contributed by atoms with Crippen molar-refractivity contribution in [2.45, 2.75) is 51.4 Å². The van der Waals surface area contributed by atoms with Crippen LogP contribution in [0.15, 0.2) is 29.3 Å². The topological polar surface area (TPSA) is 53.2 Å². The number of aliphatic imine (C=N–C) groups is 1. The van der Waals surface area contributed by atoms with E-state index in [1.165, 1.54) is 19.3 Å². The van der Waals surface area contributed by atoms with Crippen LogP contribution in [0.1, 0.15) is 56.9 Å². The maximum Gasteiger partial charge on any atom is 0.144 e. The van der Waals surface area contributed by atoms with E-state index in [4.69, 9.17) is 4.99 Å². The van der Waals surface area contributed by atoms with Crippen molar-refractivity contribution < 1.29 is 4.79 Å². The van der Waals surface area contributed by atoms with E-state index in [2.05, 4.69) is 12.1 Å². The fraction of sp³-hybridized carbons (Fsp3) is 0.609. The summed E-state index contributed by atoms with van der Waals surface area (Å²) in [6, 6.07) is 10.7. The van der Waals surface area contributed by atoms with Gasteiger partial charge < -0.3 is 0 Å². The van der Waals surface area contributed by atoms with Crippen molar-refractivity contribution in [3.05, 3.63) is 29.8 Å². The third-order valence-corrected chi connectivity index (χ3v) is 8.39. The van der Waals surface area contributed by atoms with Crippen molar-refractivity contribution in [2.75, 3.05) is 0 Å². The van der Waals surface area contributed by atoms with Crippen molar-refractivity contribution in [3.63, 3.8) is 0 Å². The molecule has 6 aliphatic rings. The molecule has 1 aliphatic heterocycles. The second-order valence-corrected chi connectivity index (χ2v) is 9.75. The molecule has 5 fully saturated rings. The molecule has 0 spiro atoms. The molecular weight excluding hydrogens is 320 g/mol. The Bertz CT molecular complexity index is 872. The minimum absolute atomic E-state index is 0.0294. The summed E-state index contributed by atoms with van der Waals surface area (Å²) in [5.41, 5.74) is 2.13. The van der Waals surface area contributed by atoms with Crippen molar-refractivity contribution in [2.24, 2.45) is 39.5 Å². The lowest BCUT2D eigenvalue weighted by atomic mass is 9.48. The van der Waals surface area contributed by atoms with Crippen LogP contribution < -0.4 is 0 Å². The maximum absolute atomic E-state index is 13.9. The zero-order valence-corrected chi connectivity index (χ0v) is 15.2. The van der Waals surface area contributed by atoms with Crippen LogP contribution in [-0.2, 0) is 4.79 Å². The Balaban J connectivity index is 1.43. The molecule has 0 radical (unpaired) electrons. The zero-order valence-electron chi connectivity index (χ0n) is 15.2. The van der Waals surface area contributed by atoms with E-state index in [1.807, 2.05) is 25.1 Å². The Morgan fingerprint density at radius 3 is 2.35 bits per heavy atom. The van der Waals surface area contributed by atoms with Gasteiger partial charge in [-0.25, -0.2) is 0 Å². The molecule has 0 unspecified atom stereocenters. The summed E-state index contributed by atoms with van der Waals surface area (Å²) in [5.74, 6) is 2.54. The molecule has 0 N–H and O–H groups in total. The molecule has 0 aromatic heterocycles. The minimum atomic E-state index is -0.672. The van der Waals surface area contributed by atoms with E-state index >= 15 is 0 Å². The quantitative estimate of drug-likeness (QED) is 0.773. The molecule has 0 saturated heterocycles. The van der Waals surface area contributed by atoms with E-state index in [1.54, 1.807) is 0 Å². The van der Waals surface area contributed by atoms with Crippen molar-refractivity contribution in [1.82, 2.24) is 0 Å². The lowest BCUT2D eigenvalue weighted by Crippen LogP contribution is -2.51. The summed E-state index contributed by atoms with van der Waals surface area (Å²) in [7, 11) is 0. The highest BCUT2D eigenvalue weighted by atomic mass is 16.1. The second-order valence-electron chi connectivity index (χ2n) is 9.75. The van der Waals surface area contributed by atoms with Crippen LogP contribution in [0.3, 0.4) is 0 Å². The van der Waals surface area contributed by atoms with Gasteiger partial charge in [-0.2, -0.15) is 5.26 Å². The third-order valence-electron chi connectivity index (χ3n) is 8.39. The van der Waals surface area contributed by atoms with Gasteiger partial charge in [0.1, 0.15) is 11.2 Å². The van der Waals surface area contributed by atoms with Gasteiger partial charge in [-0.05, 0) is 74.8 Å². The van der Waals surface area contributed by atoms with Crippen LogP contribution in [0.5, 0.6) is 0 Å². The fourth-order valence-electron chi connectivity index (χ4n) is 7.71. The average Bonchev–Trinajstić information content (AvgIpc) is 3.31. The standard InChI is InChI=1S/C23H24N2O/c1-13-23(12-24)19(17-4-2-3-5-18(17)25-13)20(23)21(26)22-9-14-6-15(10-22)8-16(7-14)11-22/h2-5,14-16,19-20H,6-11H2,1H3/t14?,15?,16?,19-,20+,22?,23-/m1/s1. The highest BCUT2D eigenvalue weighted by Gasteiger charge is 2.75. The van der Waals surface area contributed by atoms with E-state index in [9.17, 15) is 10.1 Å². The minimum Gasteiger partial charge on any atom is -0.299 e. The summed E-state index contributed by atoms with van der Waals surface area (Å²) < 4.78 is 0. The number of carbonyl (C=O) groups excluding carboxylic acids is 1. The average molecular weight is 344 g/mol. The third kappa shape index (κ3) is 1.65. The first kappa shape index (κ1) is 15.1. The molecule has 1 aromatic carbocycles. The zero-order chi connectivity index (χ0) is 17.7. The molecule has 7 rings (SSSR count). The number of hydrogen-bond acceptors (Lipinski definition) is 3. The molecular formula is C23H24N2O. The number of ketones is 1. The molecule has 1 aromatic rings. The Hall–Kier alpha value is -1.95. The first-order valence-corrected chi connectivity index (χ1v) is 10.2. The summed E-state index contributed by atoms with van der Waals surface area (Å²) in [6.45, 7) is 1.96. The number of rotatable bonds is 2. The molecule has 3 heteroatoms. The van der Waals surface area contributed by atoms with E-state index in [0.29, 0.717) is 5.78 Å². The highest BCUT2D eigenvalue weighted by molar-refractivity contribution is 6.08. The molecule has 132 valence electrons. The van der Waals surface area contributed by atoms with E-state index < -0.39 is 5.41 Å². The first-order chi connectivity index (χ1) is 12.6. The maximum atomic E-state index is 13.9. The predicted octanol–water partition coefficient (Wildman–Crippen LogP) is 4.80. The number of hydrogen-bond donors (Lipinski definition) is 0. The molecule has 0 amide bonds. The van der Waals surface area contributed by atoms with Gasteiger partial charge in [0.05, 0.1) is 17.7 Å². The molecule has 4 bridgehead atoms. The van der Waals surface area contributed by atoms with E-state index in [-0.39, 0.29) is 17.3 Å². The van der Waals surface area contributed by atoms with Crippen LogP contribution in [0.4, 0.5) is 5.69 Å². The van der Waals surface area contributed by atoms with Crippen LogP contribution in [0, 0.1) is 45.8 Å². The smallest absolute Gasteiger partial charge is 0.144 e. The van der Waals surface area contributed by atoms with Crippen LogP contribution in [0.2, 0.25) is 0 Å². The number of carbonyl (C=O) groups is 1. The van der Waals surface area contributed by atoms with Crippen LogP contribution in [-0.4, -0.2) is 11.5 Å². The lowest BCUT2D eigenvalue weighted by Gasteiger charge is -2.56. The van der Waals surface area contributed by atoms with Crippen molar-refractivity contribution >= 4 is 17.2 Å². The SMILES string of the molecule is CC1=Nc2ccccc2[C@@H]2[C@@H](C(=O)C34CC5CC(CC(C5)C3)C4)[C@]12C#N. The first-order valence-electron chi connectivity index (χ1n) is 10.2. The largest absolute Gasteiger partial charge is 0.299 e. The van der Waals surface area contributed by atoms with Gasteiger partial charge in [0.25, 0.3) is 0 Å². The second kappa shape index (κ2) is 4.66. The Morgan fingerprint density at radius 1 is 1.12 bits per heavy atom. The lowest BCUT2D eigenvalue weighted by molar-refractivity contribution is -0.145. The number of para-hydroxylation sites is 1.